The molecule has 0 aliphatic heterocycles. The standard InChI is InChI=1S/C24H22Cl2N4O3/c1-13-4-5-16(6-14(13)2)21-11-30-22(24(32)28-21)10-20(29-30)23(31)27-15(3)12-33-19-8-17(25)7-18(26)9-19/h4-11,15H,12H2,1-3H3,(H,27,31)(H,28,32). The summed E-state index contributed by atoms with van der Waals surface area (Å²) in [7, 11) is 0. The predicted molar refractivity (Wildman–Crippen MR) is 130 cm³/mol. The summed E-state index contributed by atoms with van der Waals surface area (Å²) in [5.41, 5.74) is 3.85. The average molecular weight is 485 g/mol. The molecule has 4 rings (SSSR count). The summed E-state index contributed by atoms with van der Waals surface area (Å²) in [6, 6.07) is 12.0. The van der Waals surface area contributed by atoms with E-state index < -0.39 is 5.91 Å². The van der Waals surface area contributed by atoms with Crippen molar-refractivity contribution in [3.8, 4) is 17.0 Å². The molecule has 170 valence electrons. The number of aromatic amines is 1. The molecule has 2 heterocycles. The highest BCUT2D eigenvalue weighted by molar-refractivity contribution is 6.34. The minimum absolute atomic E-state index is 0.135. The molecule has 0 saturated carbocycles. The van der Waals surface area contributed by atoms with Gasteiger partial charge in [0.2, 0.25) is 0 Å². The Bertz CT molecular complexity index is 1390. The summed E-state index contributed by atoms with van der Waals surface area (Å²) < 4.78 is 7.09. The maximum absolute atomic E-state index is 12.7. The van der Waals surface area contributed by atoms with E-state index in [2.05, 4.69) is 15.4 Å². The number of aryl methyl sites for hydroxylation is 2. The number of hydrogen-bond acceptors (Lipinski definition) is 4. The molecular formula is C24H22Cl2N4O3. The van der Waals surface area contributed by atoms with Crippen molar-refractivity contribution in [2.45, 2.75) is 26.8 Å². The lowest BCUT2D eigenvalue weighted by atomic mass is 10.0. The number of carbonyl (C=O) groups excluding carboxylic acids is 1. The van der Waals surface area contributed by atoms with Gasteiger partial charge in [0.05, 0.1) is 17.9 Å². The van der Waals surface area contributed by atoms with Gasteiger partial charge < -0.3 is 15.0 Å². The van der Waals surface area contributed by atoms with Crippen molar-refractivity contribution in [3.63, 3.8) is 0 Å². The third kappa shape index (κ3) is 5.21. The van der Waals surface area contributed by atoms with Crippen LogP contribution < -0.4 is 15.6 Å². The molecule has 1 unspecified atom stereocenters. The fourth-order valence-electron chi connectivity index (χ4n) is 3.34. The van der Waals surface area contributed by atoms with Crippen molar-refractivity contribution < 1.29 is 9.53 Å². The topological polar surface area (TPSA) is 88.5 Å². The Morgan fingerprint density at radius 3 is 2.55 bits per heavy atom. The zero-order chi connectivity index (χ0) is 23.7. The number of carbonyl (C=O) groups is 1. The van der Waals surface area contributed by atoms with Crippen LogP contribution >= 0.6 is 23.2 Å². The number of amides is 1. The second-order valence-corrected chi connectivity index (χ2v) is 8.82. The maximum Gasteiger partial charge on any atom is 0.274 e. The van der Waals surface area contributed by atoms with Gasteiger partial charge in [-0.2, -0.15) is 5.10 Å². The zero-order valence-electron chi connectivity index (χ0n) is 18.3. The number of hydrogen-bond donors (Lipinski definition) is 2. The number of fused-ring (bicyclic) bond motifs is 1. The third-order valence-corrected chi connectivity index (χ3v) is 5.67. The van der Waals surface area contributed by atoms with Gasteiger partial charge in [0, 0.05) is 16.1 Å². The first-order valence-electron chi connectivity index (χ1n) is 10.3. The van der Waals surface area contributed by atoms with E-state index in [0.717, 1.165) is 16.7 Å². The quantitative estimate of drug-likeness (QED) is 0.410. The van der Waals surface area contributed by atoms with Crippen molar-refractivity contribution in [3.05, 3.63) is 85.9 Å². The Morgan fingerprint density at radius 2 is 1.85 bits per heavy atom. The molecule has 0 aliphatic carbocycles. The first kappa shape index (κ1) is 22.9. The maximum atomic E-state index is 12.7. The van der Waals surface area contributed by atoms with E-state index in [0.29, 0.717) is 21.5 Å². The molecule has 0 fully saturated rings. The second-order valence-electron chi connectivity index (χ2n) is 7.95. The molecule has 0 saturated heterocycles. The Balaban J connectivity index is 1.49. The number of aromatic nitrogens is 3. The number of nitrogens with one attached hydrogen (secondary N) is 2. The molecule has 0 aliphatic rings. The van der Waals surface area contributed by atoms with E-state index in [9.17, 15) is 9.59 Å². The lowest BCUT2D eigenvalue weighted by Crippen LogP contribution is -2.37. The van der Waals surface area contributed by atoms with Crippen molar-refractivity contribution in [2.24, 2.45) is 0 Å². The zero-order valence-corrected chi connectivity index (χ0v) is 19.8. The Labute approximate surface area is 200 Å². The molecule has 2 aromatic heterocycles. The van der Waals surface area contributed by atoms with Crippen LogP contribution in [0.4, 0.5) is 0 Å². The number of H-pyrrole nitrogens is 1. The highest BCUT2D eigenvalue weighted by Crippen LogP contribution is 2.24. The van der Waals surface area contributed by atoms with Gasteiger partial charge in [-0.3, -0.25) is 9.59 Å². The Morgan fingerprint density at radius 1 is 1.12 bits per heavy atom. The Hall–Kier alpha value is -3.29. The van der Waals surface area contributed by atoms with Gasteiger partial charge in [-0.1, -0.05) is 35.3 Å². The molecule has 1 amide bonds. The van der Waals surface area contributed by atoms with Gasteiger partial charge in [-0.15, -0.1) is 0 Å². The van der Waals surface area contributed by atoms with Gasteiger partial charge in [0.1, 0.15) is 17.9 Å². The first-order valence-corrected chi connectivity index (χ1v) is 11.1. The molecule has 0 spiro atoms. The SMILES string of the molecule is Cc1ccc(-c2cn3nc(C(=O)NC(C)COc4cc(Cl)cc(Cl)c4)cc3c(=O)[nH]2)cc1C. The minimum Gasteiger partial charge on any atom is -0.491 e. The molecule has 0 bridgehead atoms. The Kier molecular flexibility index (Phi) is 6.44. The van der Waals surface area contributed by atoms with E-state index in [1.54, 1.807) is 31.3 Å². The molecule has 33 heavy (non-hydrogen) atoms. The number of halogens is 2. The highest BCUT2D eigenvalue weighted by Gasteiger charge is 2.16. The van der Waals surface area contributed by atoms with Crippen molar-refractivity contribution in [1.82, 2.24) is 19.9 Å². The number of nitrogens with zero attached hydrogens (tertiary/aromatic N) is 2. The molecule has 4 aromatic rings. The molecule has 7 nitrogen and oxygen atoms in total. The van der Waals surface area contributed by atoms with Gasteiger partial charge >= 0.3 is 0 Å². The van der Waals surface area contributed by atoms with Gasteiger partial charge in [-0.25, -0.2) is 4.52 Å². The smallest absolute Gasteiger partial charge is 0.274 e. The van der Waals surface area contributed by atoms with Gasteiger partial charge in [0.25, 0.3) is 11.5 Å². The van der Waals surface area contributed by atoms with Crippen LogP contribution in [0.5, 0.6) is 5.75 Å². The van der Waals surface area contributed by atoms with Crippen LogP contribution in [0.2, 0.25) is 10.0 Å². The molecule has 0 radical (unpaired) electrons. The monoisotopic (exact) mass is 484 g/mol. The van der Waals surface area contributed by atoms with Gasteiger partial charge in [-0.05, 0) is 61.7 Å². The van der Waals surface area contributed by atoms with Crippen LogP contribution in [0.25, 0.3) is 16.8 Å². The average Bonchev–Trinajstić information content (AvgIpc) is 3.19. The fourth-order valence-corrected chi connectivity index (χ4v) is 3.85. The van der Waals surface area contributed by atoms with Crippen molar-refractivity contribution in [2.75, 3.05) is 6.61 Å². The van der Waals surface area contributed by atoms with Gasteiger partial charge in [0.15, 0.2) is 5.69 Å². The van der Waals surface area contributed by atoms with Crippen LogP contribution in [-0.2, 0) is 0 Å². The van der Waals surface area contributed by atoms with Crippen molar-refractivity contribution >= 4 is 34.6 Å². The second kappa shape index (κ2) is 9.29. The van der Waals surface area contributed by atoms with Crippen LogP contribution in [0.15, 0.2) is 53.5 Å². The first-order chi connectivity index (χ1) is 15.7. The molecule has 9 heteroatoms. The summed E-state index contributed by atoms with van der Waals surface area (Å²) in [6.45, 7) is 6.04. The fraction of sp³-hybridized carbons (Fsp3) is 0.208. The third-order valence-electron chi connectivity index (χ3n) is 5.23. The summed E-state index contributed by atoms with van der Waals surface area (Å²) >= 11 is 11.9. The van der Waals surface area contributed by atoms with Crippen LogP contribution in [0.1, 0.15) is 28.5 Å². The minimum atomic E-state index is -0.411. The van der Waals surface area contributed by atoms with Crippen LogP contribution in [-0.4, -0.2) is 33.2 Å². The summed E-state index contributed by atoms with van der Waals surface area (Å²) in [4.78, 5) is 28.2. The normalized spacial score (nSPS) is 12.0. The summed E-state index contributed by atoms with van der Waals surface area (Å²) in [6.07, 6.45) is 1.70. The van der Waals surface area contributed by atoms with E-state index in [1.807, 2.05) is 32.0 Å². The van der Waals surface area contributed by atoms with E-state index in [4.69, 9.17) is 27.9 Å². The molecular weight excluding hydrogens is 463 g/mol. The van der Waals surface area contributed by atoms with Crippen molar-refractivity contribution in [1.29, 1.82) is 0 Å². The lowest BCUT2D eigenvalue weighted by molar-refractivity contribution is 0.0921. The number of benzene rings is 2. The summed E-state index contributed by atoms with van der Waals surface area (Å²) in [5, 5.41) is 8.05. The molecule has 2 N–H and O–H groups in total. The highest BCUT2D eigenvalue weighted by atomic mass is 35.5. The van der Waals surface area contributed by atoms with Crippen LogP contribution in [0.3, 0.4) is 0 Å². The number of ether oxygens (including phenoxy) is 1. The summed E-state index contributed by atoms with van der Waals surface area (Å²) in [5.74, 6) is 0.0952. The molecule has 1 atom stereocenters. The van der Waals surface area contributed by atoms with E-state index in [1.165, 1.54) is 10.6 Å². The van der Waals surface area contributed by atoms with E-state index >= 15 is 0 Å². The lowest BCUT2D eigenvalue weighted by Gasteiger charge is -2.14. The predicted octanol–water partition coefficient (Wildman–Crippen LogP) is 4.81. The largest absolute Gasteiger partial charge is 0.491 e. The van der Waals surface area contributed by atoms with E-state index in [-0.39, 0.29) is 29.4 Å². The number of rotatable bonds is 6. The van der Waals surface area contributed by atoms with Crippen LogP contribution in [0, 0.1) is 13.8 Å². The molecule has 2 aromatic carbocycles.